The van der Waals surface area contributed by atoms with Crippen molar-refractivity contribution < 1.29 is 22.4 Å². The smallest absolute Gasteiger partial charge is 0.243 e. The summed E-state index contributed by atoms with van der Waals surface area (Å²) in [7, 11) is -2.66. The van der Waals surface area contributed by atoms with Crippen LogP contribution < -0.4 is 5.32 Å². The van der Waals surface area contributed by atoms with Gasteiger partial charge >= 0.3 is 0 Å². The van der Waals surface area contributed by atoms with Crippen LogP contribution in [0.25, 0.3) is 10.8 Å². The molecule has 0 bridgehead atoms. The zero-order valence-electron chi connectivity index (χ0n) is 24.2. The molecule has 0 aromatic heterocycles. The van der Waals surface area contributed by atoms with E-state index < -0.39 is 34.3 Å². The summed E-state index contributed by atoms with van der Waals surface area (Å²) < 4.78 is 41.9. The van der Waals surface area contributed by atoms with Crippen LogP contribution in [0.3, 0.4) is 0 Å². The predicted octanol–water partition coefficient (Wildman–Crippen LogP) is 5.30. The van der Waals surface area contributed by atoms with E-state index >= 15 is 0 Å². The molecule has 0 aliphatic heterocycles. The molecule has 224 valence electrons. The number of halogens is 1. The van der Waals surface area contributed by atoms with Crippen LogP contribution in [0.2, 0.25) is 0 Å². The number of benzene rings is 4. The van der Waals surface area contributed by atoms with E-state index in [9.17, 15) is 22.4 Å². The lowest BCUT2D eigenvalue weighted by Crippen LogP contribution is -2.54. The number of nitrogens with zero attached hydrogens (tertiary/aromatic N) is 2. The second kappa shape index (κ2) is 13.5. The highest BCUT2D eigenvalue weighted by molar-refractivity contribution is 7.89. The standard InChI is InChI=1S/C34H36FN3O4S/c1-37(43(41,42)31-20-17-27-11-5-6-12-28(27)22-31)24-33(39)38(23-26-15-18-29(35)19-16-26)32(21-25-9-3-2-4-10-25)34(40)36-30-13-7-8-14-30/h2-6,9-12,15-20,22,30,32H,7-8,13-14,21,23-24H2,1H3,(H,36,40)/t32-/m0/s1. The van der Waals surface area contributed by atoms with Crippen molar-refractivity contribution in [2.75, 3.05) is 13.6 Å². The first-order valence-electron chi connectivity index (χ1n) is 14.5. The van der Waals surface area contributed by atoms with Gasteiger partial charge < -0.3 is 10.2 Å². The van der Waals surface area contributed by atoms with Gasteiger partial charge in [-0.3, -0.25) is 9.59 Å². The molecular formula is C34H36FN3O4S. The van der Waals surface area contributed by atoms with E-state index in [1.54, 1.807) is 24.3 Å². The Hall–Kier alpha value is -4.08. The number of likely N-dealkylation sites (N-methyl/N-ethyl adjacent to an activating group) is 1. The summed E-state index contributed by atoms with van der Waals surface area (Å²) in [5, 5.41) is 4.81. The second-order valence-corrected chi connectivity index (χ2v) is 13.2. The van der Waals surface area contributed by atoms with E-state index in [4.69, 9.17) is 0 Å². The van der Waals surface area contributed by atoms with Crippen molar-refractivity contribution in [3.05, 3.63) is 114 Å². The number of sulfonamides is 1. The van der Waals surface area contributed by atoms with Crippen molar-refractivity contribution in [2.45, 2.75) is 55.6 Å². The topological polar surface area (TPSA) is 86.8 Å². The number of hydrogen-bond donors (Lipinski definition) is 1. The molecule has 1 N–H and O–H groups in total. The van der Waals surface area contributed by atoms with Crippen LogP contribution in [0.4, 0.5) is 4.39 Å². The SMILES string of the molecule is CN(CC(=O)N(Cc1ccc(F)cc1)[C@@H](Cc1ccccc1)C(=O)NC1CCCC1)S(=O)(=O)c1ccc2ccccc2c1. The van der Waals surface area contributed by atoms with Gasteiger partial charge in [0.15, 0.2) is 0 Å². The Kier molecular flexibility index (Phi) is 9.52. The molecule has 4 aromatic carbocycles. The first-order valence-corrected chi connectivity index (χ1v) is 16.0. The normalized spacial score (nSPS) is 14.6. The molecule has 5 rings (SSSR count). The fourth-order valence-electron chi connectivity index (χ4n) is 5.58. The van der Waals surface area contributed by atoms with Crippen molar-refractivity contribution in [1.29, 1.82) is 0 Å². The fraction of sp³-hybridized carbons (Fsp3) is 0.294. The largest absolute Gasteiger partial charge is 0.352 e. The van der Waals surface area contributed by atoms with Gasteiger partial charge in [-0.05, 0) is 59.0 Å². The molecule has 7 nitrogen and oxygen atoms in total. The Bertz CT molecular complexity index is 1670. The number of nitrogens with one attached hydrogen (secondary N) is 1. The molecule has 1 atom stereocenters. The molecule has 0 saturated heterocycles. The first-order chi connectivity index (χ1) is 20.7. The summed E-state index contributed by atoms with van der Waals surface area (Å²) in [6.07, 6.45) is 4.06. The van der Waals surface area contributed by atoms with Crippen LogP contribution in [0.1, 0.15) is 36.8 Å². The van der Waals surface area contributed by atoms with Crippen LogP contribution in [-0.2, 0) is 32.6 Å². The van der Waals surface area contributed by atoms with Gasteiger partial charge in [-0.15, -0.1) is 0 Å². The molecule has 0 radical (unpaired) electrons. The van der Waals surface area contributed by atoms with Gasteiger partial charge in [0.2, 0.25) is 21.8 Å². The van der Waals surface area contributed by atoms with Gasteiger partial charge in [0, 0.05) is 26.1 Å². The number of carbonyl (C=O) groups excluding carboxylic acids is 2. The van der Waals surface area contributed by atoms with Gasteiger partial charge in [-0.2, -0.15) is 4.31 Å². The van der Waals surface area contributed by atoms with Crippen molar-refractivity contribution >= 4 is 32.6 Å². The molecule has 2 amide bonds. The van der Waals surface area contributed by atoms with Gasteiger partial charge in [0.05, 0.1) is 11.4 Å². The van der Waals surface area contributed by atoms with Gasteiger partial charge in [-0.25, -0.2) is 12.8 Å². The molecule has 0 unspecified atom stereocenters. The van der Waals surface area contributed by atoms with Gasteiger partial charge in [0.25, 0.3) is 0 Å². The van der Waals surface area contributed by atoms with E-state index in [0.29, 0.717) is 5.56 Å². The molecule has 0 heterocycles. The third-order valence-corrected chi connectivity index (χ3v) is 9.83. The van der Waals surface area contributed by atoms with Gasteiger partial charge in [0.1, 0.15) is 11.9 Å². The van der Waals surface area contributed by atoms with E-state index in [2.05, 4.69) is 5.32 Å². The quantitative estimate of drug-likeness (QED) is 0.253. The molecule has 43 heavy (non-hydrogen) atoms. The Morgan fingerprint density at radius 1 is 0.860 bits per heavy atom. The molecule has 1 aliphatic carbocycles. The maximum absolute atomic E-state index is 14.1. The average Bonchev–Trinajstić information content (AvgIpc) is 3.53. The van der Waals surface area contributed by atoms with Crippen molar-refractivity contribution in [3.63, 3.8) is 0 Å². The molecule has 1 aliphatic rings. The van der Waals surface area contributed by atoms with Crippen LogP contribution in [0.5, 0.6) is 0 Å². The minimum Gasteiger partial charge on any atom is -0.352 e. The summed E-state index contributed by atoms with van der Waals surface area (Å²) in [5.74, 6) is -1.23. The number of hydrogen-bond acceptors (Lipinski definition) is 4. The number of carbonyl (C=O) groups is 2. The maximum atomic E-state index is 14.1. The minimum absolute atomic E-state index is 0.0125. The molecule has 0 spiro atoms. The third-order valence-electron chi connectivity index (χ3n) is 8.03. The first kappa shape index (κ1) is 30.4. The van der Waals surface area contributed by atoms with E-state index in [1.807, 2.05) is 54.6 Å². The van der Waals surface area contributed by atoms with Crippen LogP contribution in [-0.4, -0.2) is 55.1 Å². The average molecular weight is 602 g/mol. The predicted molar refractivity (Wildman–Crippen MR) is 165 cm³/mol. The second-order valence-electron chi connectivity index (χ2n) is 11.1. The number of fused-ring (bicyclic) bond motifs is 1. The van der Waals surface area contributed by atoms with Crippen LogP contribution in [0.15, 0.2) is 102 Å². The summed E-state index contributed by atoms with van der Waals surface area (Å²) in [6, 6.07) is 26.6. The summed E-state index contributed by atoms with van der Waals surface area (Å²) in [6.45, 7) is -0.461. The highest BCUT2D eigenvalue weighted by Crippen LogP contribution is 2.23. The molecule has 9 heteroatoms. The summed E-state index contributed by atoms with van der Waals surface area (Å²) in [5.41, 5.74) is 1.49. The third kappa shape index (κ3) is 7.47. The Balaban J connectivity index is 1.45. The lowest BCUT2D eigenvalue weighted by molar-refractivity contribution is -0.141. The summed E-state index contributed by atoms with van der Waals surface area (Å²) >= 11 is 0. The highest BCUT2D eigenvalue weighted by atomic mass is 32.2. The maximum Gasteiger partial charge on any atom is 0.243 e. The molecular weight excluding hydrogens is 565 g/mol. The van der Waals surface area contributed by atoms with Gasteiger partial charge in [-0.1, -0.05) is 85.6 Å². The zero-order chi connectivity index (χ0) is 30.4. The Morgan fingerprint density at radius 2 is 1.51 bits per heavy atom. The van der Waals surface area contributed by atoms with Crippen molar-refractivity contribution in [3.8, 4) is 0 Å². The Labute approximate surface area is 252 Å². The Morgan fingerprint density at radius 3 is 2.21 bits per heavy atom. The van der Waals surface area contributed by atoms with Crippen LogP contribution >= 0.6 is 0 Å². The van der Waals surface area contributed by atoms with E-state index in [0.717, 1.165) is 46.3 Å². The molecule has 1 saturated carbocycles. The highest BCUT2D eigenvalue weighted by Gasteiger charge is 2.34. The lowest BCUT2D eigenvalue weighted by Gasteiger charge is -2.33. The summed E-state index contributed by atoms with van der Waals surface area (Å²) in [4.78, 5) is 29.4. The molecule has 4 aromatic rings. The van der Waals surface area contributed by atoms with Crippen molar-refractivity contribution in [1.82, 2.24) is 14.5 Å². The minimum atomic E-state index is -4.03. The number of amides is 2. The van der Waals surface area contributed by atoms with Crippen molar-refractivity contribution in [2.24, 2.45) is 0 Å². The fourth-order valence-corrected chi connectivity index (χ4v) is 6.74. The zero-order valence-corrected chi connectivity index (χ0v) is 25.0. The van der Waals surface area contributed by atoms with Crippen LogP contribution in [0, 0.1) is 5.82 Å². The van der Waals surface area contributed by atoms with E-state index in [-0.39, 0.29) is 29.8 Å². The number of rotatable bonds is 11. The monoisotopic (exact) mass is 601 g/mol. The van der Waals surface area contributed by atoms with E-state index in [1.165, 1.54) is 30.1 Å². The lowest BCUT2D eigenvalue weighted by atomic mass is 10.0. The molecule has 1 fully saturated rings.